The van der Waals surface area contributed by atoms with E-state index in [0.717, 1.165) is 52.1 Å². The summed E-state index contributed by atoms with van der Waals surface area (Å²) in [6.45, 7) is 6.55. The number of hydrogen-bond acceptors (Lipinski definition) is 3. The van der Waals surface area contributed by atoms with Crippen molar-refractivity contribution in [2.75, 3.05) is 13.2 Å². The Morgan fingerprint density at radius 3 is 2.65 bits per heavy atom. The summed E-state index contributed by atoms with van der Waals surface area (Å²) in [6, 6.07) is 10.1. The predicted octanol–water partition coefficient (Wildman–Crippen LogP) is 5.80. The quantitative estimate of drug-likeness (QED) is 0.499. The fraction of sp³-hybridized carbons (Fsp3) is 0.412. The molecule has 3 nitrogen and oxygen atoms in total. The van der Waals surface area contributed by atoms with Gasteiger partial charge in [0.2, 0.25) is 0 Å². The maximum atomic E-state index is 5.90. The van der Waals surface area contributed by atoms with Crippen molar-refractivity contribution in [3.63, 3.8) is 0 Å². The van der Waals surface area contributed by atoms with Crippen LogP contribution in [0.2, 0.25) is 0 Å². The number of benzene rings is 1. The molecule has 0 aliphatic heterocycles. The van der Waals surface area contributed by atoms with Crippen molar-refractivity contribution in [1.82, 2.24) is 5.32 Å². The van der Waals surface area contributed by atoms with Crippen LogP contribution in [-0.2, 0) is 11.3 Å². The zero-order valence-corrected chi connectivity index (χ0v) is 17.3. The van der Waals surface area contributed by atoms with E-state index in [0.29, 0.717) is 6.10 Å². The first kappa shape index (κ1) is 20.7. The molecule has 0 atom stereocenters. The highest BCUT2D eigenvalue weighted by atomic mass is 79.9. The lowest BCUT2D eigenvalue weighted by Gasteiger charge is -2.07. The second-order valence-corrected chi connectivity index (χ2v) is 7.11. The summed E-state index contributed by atoms with van der Waals surface area (Å²) < 4.78 is 13.5. The van der Waals surface area contributed by atoms with E-state index in [1.165, 1.54) is 0 Å². The molecule has 0 bridgehead atoms. The number of nitrogens with one attached hydrogen (secondary N) is 1. The van der Waals surface area contributed by atoms with Gasteiger partial charge in [-0.05, 0) is 73.1 Å². The van der Waals surface area contributed by atoms with Crippen LogP contribution in [-0.4, -0.2) is 19.3 Å². The number of hydrogen-bond donors (Lipinski definition) is 1. The van der Waals surface area contributed by atoms with Crippen molar-refractivity contribution in [1.29, 1.82) is 0 Å². The summed E-state index contributed by atoms with van der Waals surface area (Å²) in [5.74, 6) is 1.81. The Hall–Kier alpha value is -0.330. The zero-order valence-electron chi connectivity index (χ0n) is 13.3. The molecule has 1 aromatic heterocycles. The normalized spacial score (nSPS) is 10.8. The Labute approximate surface area is 160 Å². The molecule has 0 aliphatic rings. The smallest absolute Gasteiger partial charge is 0.135 e. The van der Waals surface area contributed by atoms with Gasteiger partial charge in [-0.1, -0.05) is 15.9 Å². The molecule has 6 heteroatoms. The van der Waals surface area contributed by atoms with E-state index < -0.39 is 0 Å². The molecule has 2 aromatic rings. The third-order valence-electron chi connectivity index (χ3n) is 3.11. The number of halogens is 3. The van der Waals surface area contributed by atoms with Gasteiger partial charge in [-0.25, -0.2) is 0 Å². The van der Waals surface area contributed by atoms with Crippen LogP contribution in [0.4, 0.5) is 0 Å². The average Bonchev–Trinajstić information content (AvgIpc) is 2.91. The Balaban J connectivity index is 0.00000264. The van der Waals surface area contributed by atoms with E-state index in [1.807, 2.05) is 30.3 Å². The number of rotatable bonds is 8. The number of ether oxygens (including phenoxy) is 1. The molecule has 0 saturated heterocycles. The first-order valence-corrected chi connectivity index (χ1v) is 9.01. The molecular formula is C17H22Br2ClNO2. The van der Waals surface area contributed by atoms with Crippen molar-refractivity contribution in [2.24, 2.45) is 0 Å². The second kappa shape index (κ2) is 10.5. The van der Waals surface area contributed by atoms with Crippen molar-refractivity contribution in [2.45, 2.75) is 32.9 Å². The highest BCUT2D eigenvalue weighted by molar-refractivity contribution is 9.11. The monoisotopic (exact) mass is 465 g/mol. The maximum Gasteiger partial charge on any atom is 0.135 e. The minimum Gasteiger partial charge on any atom is -0.460 e. The van der Waals surface area contributed by atoms with Gasteiger partial charge in [0.15, 0.2) is 0 Å². The molecule has 0 radical (unpaired) electrons. The zero-order chi connectivity index (χ0) is 15.9. The summed E-state index contributed by atoms with van der Waals surface area (Å²) >= 11 is 7.02. The minimum atomic E-state index is 0. The minimum absolute atomic E-state index is 0. The first-order valence-electron chi connectivity index (χ1n) is 7.42. The summed E-state index contributed by atoms with van der Waals surface area (Å²) in [5, 5.41) is 3.37. The fourth-order valence-electron chi connectivity index (χ4n) is 2.03. The maximum absolute atomic E-state index is 5.90. The van der Waals surface area contributed by atoms with Gasteiger partial charge in [-0.2, -0.15) is 0 Å². The van der Waals surface area contributed by atoms with Crippen LogP contribution in [0.3, 0.4) is 0 Å². The molecule has 0 aliphatic carbocycles. The first-order chi connectivity index (χ1) is 10.6. The van der Waals surface area contributed by atoms with E-state index in [1.54, 1.807) is 0 Å². The third-order valence-corrected chi connectivity index (χ3v) is 4.26. The van der Waals surface area contributed by atoms with E-state index in [2.05, 4.69) is 51.0 Å². The van der Waals surface area contributed by atoms with Gasteiger partial charge in [0.25, 0.3) is 0 Å². The molecule has 2 rings (SSSR count). The Bertz CT molecular complexity index is 602. The Kier molecular flexibility index (Phi) is 9.47. The number of furan rings is 1. The van der Waals surface area contributed by atoms with E-state index >= 15 is 0 Å². The van der Waals surface area contributed by atoms with E-state index in [9.17, 15) is 0 Å². The average molecular weight is 468 g/mol. The van der Waals surface area contributed by atoms with E-state index in [-0.39, 0.29) is 12.4 Å². The Morgan fingerprint density at radius 2 is 1.96 bits per heavy atom. The summed E-state index contributed by atoms with van der Waals surface area (Å²) in [4.78, 5) is 0. The Morgan fingerprint density at radius 1 is 1.17 bits per heavy atom. The lowest BCUT2D eigenvalue weighted by molar-refractivity contribution is 0.0770. The highest BCUT2D eigenvalue weighted by Gasteiger charge is 2.08. The lowest BCUT2D eigenvalue weighted by atomic mass is 10.2. The summed E-state index contributed by atoms with van der Waals surface area (Å²) in [6.07, 6.45) is 1.31. The van der Waals surface area contributed by atoms with Crippen LogP contribution in [0.15, 0.2) is 43.7 Å². The molecule has 1 aromatic carbocycles. The van der Waals surface area contributed by atoms with Crippen LogP contribution in [0.1, 0.15) is 26.0 Å². The third kappa shape index (κ3) is 6.98. The van der Waals surface area contributed by atoms with Crippen LogP contribution >= 0.6 is 44.3 Å². The highest BCUT2D eigenvalue weighted by Crippen LogP contribution is 2.31. The van der Waals surface area contributed by atoms with Gasteiger partial charge in [-0.15, -0.1) is 12.4 Å². The molecule has 128 valence electrons. The standard InChI is InChI=1S/C17H21Br2NO2.ClH/c1-12(2)21-9-3-8-20-11-14-5-7-17(22-14)15-6-4-13(18)10-16(15)19;/h4-7,10,12,20H,3,8-9,11H2,1-2H3;1H. The largest absolute Gasteiger partial charge is 0.460 e. The molecule has 23 heavy (non-hydrogen) atoms. The topological polar surface area (TPSA) is 34.4 Å². The van der Waals surface area contributed by atoms with Gasteiger partial charge in [0.1, 0.15) is 11.5 Å². The van der Waals surface area contributed by atoms with E-state index in [4.69, 9.17) is 9.15 Å². The predicted molar refractivity (Wildman–Crippen MR) is 104 cm³/mol. The summed E-state index contributed by atoms with van der Waals surface area (Å²) in [7, 11) is 0. The van der Waals surface area contributed by atoms with Crippen LogP contribution in [0.25, 0.3) is 11.3 Å². The molecule has 0 saturated carbocycles. The molecular weight excluding hydrogens is 445 g/mol. The van der Waals surface area contributed by atoms with Crippen molar-refractivity contribution in [3.05, 3.63) is 45.0 Å². The molecule has 0 fully saturated rings. The summed E-state index contributed by atoms with van der Waals surface area (Å²) in [5.41, 5.74) is 1.06. The van der Waals surface area contributed by atoms with Gasteiger partial charge in [0, 0.05) is 21.1 Å². The van der Waals surface area contributed by atoms with Gasteiger partial charge in [0.05, 0.1) is 12.6 Å². The van der Waals surface area contributed by atoms with Crippen molar-refractivity contribution >= 4 is 44.3 Å². The van der Waals surface area contributed by atoms with Crippen LogP contribution < -0.4 is 5.32 Å². The lowest BCUT2D eigenvalue weighted by Crippen LogP contribution is -2.17. The molecule has 0 unspecified atom stereocenters. The van der Waals surface area contributed by atoms with Gasteiger partial charge >= 0.3 is 0 Å². The van der Waals surface area contributed by atoms with Crippen LogP contribution in [0, 0.1) is 0 Å². The second-order valence-electron chi connectivity index (χ2n) is 5.34. The molecule has 0 spiro atoms. The SMILES string of the molecule is CC(C)OCCCNCc1ccc(-c2ccc(Br)cc2Br)o1.Cl. The van der Waals surface area contributed by atoms with Gasteiger partial charge in [-0.3, -0.25) is 0 Å². The van der Waals surface area contributed by atoms with Crippen molar-refractivity contribution < 1.29 is 9.15 Å². The van der Waals surface area contributed by atoms with Gasteiger partial charge < -0.3 is 14.5 Å². The molecule has 0 amide bonds. The molecule has 1 N–H and O–H groups in total. The molecule has 1 heterocycles. The fourth-order valence-corrected chi connectivity index (χ4v) is 3.28. The van der Waals surface area contributed by atoms with Crippen LogP contribution in [0.5, 0.6) is 0 Å². The van der Waals surface area contributed by atoms with Crippen molar-refractivity contribution in [3.8, 4) is 11.3 Å².